The van der Waals surface area contributed by atoms with Crippen molar-refractivity contribution in [2.24, 2.45) is 0 Å². The number of hydrogen-bond acceptors (Lipinski definition) is 2. The monoisotopic (exact) mass is 713 g/mol. The molecule has 11 aromatic rings. The van der Waals surface area contributed by atoms with E-state index >= 15 is 0 Å². The Hall–Kier alpha value is -7.42. The third-order valence-corrected chi connectivity index (χ3v) is 11.3. The van der Waals surface area contributed by atoms with Gasteiger partial charge in [0, 0.05) is 33.4 Å². The molecule has 0 saturated heterocycles. The van der Waals surface area contributed by atoms with Gasteiger partial charge in [0.2, 0.25) is 0 Å². The van der Waals surface area contributed by atoms with Gasteiger partial charge < -0.3 is 9.32 Å². The van der Waals surface area contributed by atoms with Crippen LogP contribution < -0.4 is 4.90 Å². The highest BCUT2D eigenvalue weighted by Crippen LogP contribution is 2.42. The highest BCUT2D eigenvalue weighted by Gasteiger charge is 2.17. The van der Waals surface area contributed by atoms with Crippen molar-refractivity contribution in [1.82, 2.24) is 0 Å². The fourth-order valence-electron chi connectivity index (χ4n) is 8.55. The van der Waals surface area contributed by atoms with Crippen molar-refractivity contribution >= 4 is 71.3 Å². The van der Waals surface area contributed by atoms with Gasteiger partial charge in [0.25, 0.3) is 0 Å². The summed E-state index contributed by atoms with van der Waals surface area (Å²) < 4.78 is 6.41. The number of nitrogens with zero attached hydrogens (tertiary/aromatic N) is 1. The van der Waals surface area contributed by atoms with Crippen molar-refractivity contribution in [2.45, 2.75) is 0 Å². The lowest BCUT2D eigenvalue weighted by atomic mass is 9.90. The Bertz CT molecular complexity index is 3210. The second-order valence-corrected chi connectivity index (χ2v) is 14.5. The van der Waals surface area contributed by atoms with E-state index in [-0.39, 0.29) is 0 Å². The van der Waals surface area contributed by atoms with E-state index in [4.69, 9.17) is 4.42 Å². The molecule has 56 heavy (non-hydrogen) atoms. The lowest BCUT2D eigenvalue weighted by Crippen LogP contribution is -2.09. The summed E-state index contributed by atoms with van der Waals surface area (Å²) in [7, 11) is 0. The summed E-state index contributed by atoms with van der Waals surface area (Å²) >= 11 is 0. The van der Waals surface area contributed by atoms with Crippen molar-refractivity contribution in [1.29, 1.82) is 0 Å². The first-order chi connectivity index (χ1) is 27.8. The van der Waals surface area contributed by atoms with Gasteiger partial charge in [-0.2, -0.15) is 0 Å². The van der Waals surface area contributed by atoms with E-state index in [1.807, 2.05) is 12.1 Å². The predicted octanol–water partition coefficient (Wildman–Crippen LogP) is 15.5. The minimum atomic E-state index is 0.907. The van der Waals surface area contributed by atoms with Crippen LogP contribution in [0.3, 0.4) is 0 Å². The number of hydrogen-bond donors (Lipinski definition) is 0. The standard InChI is InChI=1S/C54H35NO/c1-2-11-36(12-3-1)37-21-28-42(29-22-37)55(43-30-23-39(24-31-43)47-18-10-19-50-48-17-8-9-20-52(48)56-54(47)50)44-32-25-40(26-33-44)51-35-41-14-5-6-15-45(41)49-34-27-38-13-4-7-16-46(38)53(49)51/h1-35H. The molecule has 2 nitrogen and oxygen atoms in total. The smallest absolute Gasteiger partial charge is 0.143 e. The molecule has 262 valence electrons. The first-order valence-corrected chi connectivity index (χ1v) is 19.2. The van der Waals surface area contributed by atoms with Gasteiger partial charge in [-0.05, 0) is 109 Å². The Kier molecular flexibility index (Phi) is 7.53. The van der Waals surface area contributed by atoms with Crippen molar-refractivity contribution in [3.8, 4) is 33.4 Å². The summed E-state index contributed by atoms with van der Waals surface area (Å²) in [4.78, 5) is 2.35. The number of para-hydroxylation sites is 2. The normalized spacial score (nSPS) is 11.6. The molecule has 0 atom stereocenters. The average molecular weight is 714 g/mol. The molecule has 0 aliphatic rings. The lowest BCUT2D eigenvalue weighted by Gasteiger charge is -2.26. The highest BCUT2D eigenvalue weighted by atomic mass is 16.3. The molecule has 0 spiro atoms. The van der Waals surface area contributed by atoms with Crippen LogP contribution in [0.1, 0.15) is 0 Å². The van der Waals surface area contributed by atoms with Crippen molar-refractivity contribution < 1.29 is 4.42 Å². The Labute approximate surface area is 325 Å². The maximum absolute atomic E-state index is 6.41. The van der Waals surface area contributed by atoms with Crippen LogP contribution in [-0.2, 0) is 0 Å². The minimum absolute atomic E-state index is 0.907. The van der Waals surface area contributed by atoms with E-state index in [2.05, 4.69) is 205 Å². The summed E-state index contributed by atoms with van der Waals surface area (Å²) in [5.74, 6) is 0. The molecule has 0 N–H and O–H groups in total. The number of benzene rings is 10. The summed E-state index contributed by atoms with van der Waals surface area (Å²) in [6.07, 6.45) is 0. The molecular formula is C54H35NO. The third-order valence-electron chi connectivity index (χ3n) is 11.3. The second-order valence-electron chi connectivity index (χ2n) is 14.5. The van der Waals surface area contributed by atoms with Gasteiger partial charge in [-0.25, -0.2) is 0 Å². The van der Waals surface area contributed by atoms with Crippen LogP contribution in [0.5, 0.6) is 0 Å². The number of furan rings is 1. The zero-order valence-corrected chi connectivity index (χ0v) is 30.6. The average Bonchev–Trinajstić information content (AvgIpc) is 3.66. The fourth-order valence-corrected chi connectivity index (χ4v) is 8.55. The van der Waals surface area contributed by atoms with Crippen LogP contribution in [0.25, 0.3) is 87.6 Å². The molecule has 0 aliphatic carbocycles. The van der Waals surface area contributed by atoms with Crippen LogP contribution >= 0.6 is 0 Å². The van der Waals surface area contributed by atoms with Crippen molar-refractivity contribution in [3.63, 3.8) is 0 Å². The summed E-state index contributed by atoms with van der Waals surface area (Å²) in [5.41, 5.74) is 12.1. The van der Waals surface area contributed by atoms with Gasteiger partial charge >= 0.3 is 0 Å². The molecular weight excluding hydrogens is 679 g/mol. The van der Waals surface area contributed by atoms with Crippen LogP contribution in [0.2, 0.25) is 0 Å². The van der Waals surface area contributed by atoms with E-state index in [0.29, 0.717) is 0 Å². The lowest BCUT2D eigenvalue weighted by molar-refractivity contribution is 0.670. The Morgan fingerprint density at radius 2 is 0.839 bits per heavy atom. The predicted molar refractivity (Wildman–Crippen MR) is 237 cm³/mol. The van der Waals surface area contributed by atoms with Gasteiger partial charge in [0.15, 0.2) is 0 Å². The Morgan fingerprint density at radius 1 is 0.304 bits per heavy atom. The van der Waals surface area contributed by atoms with Gasteiger partial charge in [-0.1, -0.05) is 164 Å². The number of fused-ring (bicyclic) bond motifs is 8. The van der Waals surface area contributed by atoms with Gasteiger partial charge in [0.05, 0.1) is 0 Å². The molecule has 10 aromatic carbocycles. The molecule has 1 heterocycles. The van der Waals surface area contributed by atoms with Gasteiger partial charge in [-0.3, -0.25) is 0 Å². The van der Waals surface area contributed by atoms with E-state index in [1.54, 1.807) is 0 Å². The minimum Gasteiger partial charge on any atom is -0.455 e. The Morgan fingerprint density at radius 3 is 1.55 bits per heavy atom. The molecule has 0 fully saturated rings. The summed E-state index contributed by atoms with van der Waals surface area (Å²) in [5, 5.41) is 9.88. The summed E-state index contributed by atoms with van der Waals surface area (Å²) in [6, 6.07) is 76.4. The number of rotatable bonds is 6. The van der Waals surface area contributed by atoms with E-state index in [0.717, 1.165) is 50.1 Å². The molecule has 1 aromatic heterocycles. The molecule has 0 unspecified atom stereocenters. The number of anilines is 3. The molecule has 0 bridgehead atoms. The molecule has 0 radical (unpaired) electrons. The molecule has 0 saturated carbocycles. The SMILES string of the molecule is c1ccc(-c2ccc(N(c3ccc(-c4cccc5c4oc4ccccc45)cc3)c3ccc(-c4cc5ccccc5c5ccc6ccccc6c45)cc3)cc2)cc1. The summed E-state index contributed by atoms with van der Waals surface area (Å²) in [6.45, 7) is 0. The van der Waals surface area contributed by atoms with E-state index in [9.17, 15) is 0 Å². The van der Waals surface area contributed by atoms with Crippen molar-refractivity contribution in [3.05, 3.63) is 212 Å². The van der Waals surface area contributed by atoms with Crippen LogP contribution in [0.4, 0.5) is 17.1 Å². The van der Waals surface area contributed by atoms with E-state index < -0.39 is 0 Å². The first-order valence-electron chi connectivity index (χ1n) is 19.2. The zero-order chi connectivity index (χ0) is 37.0. The topological polar surface area (TPSA) is 16.4 Å². The van der Waals surface area contributed by atoms with Gasteiger partial charge in [0.1, 0.15) is 11.2 Å². The first kappa shape index (κ1) is 32.0. The van der Waals surface area contributed by atoms with Gasteiger partial charge in [-0.15, -0.1) is 0 Å². The molecule has 11 rings (SSSR count). The molecule has 2 heteroatoms. The highest BCUT2D eigenvalue weighted by molar-refractivity contribution is 6.23. The van der Waals surface area contributed by atoms with E-state index in [1.165, 1.54) is 54.6 Å². The Balaban J connectivity index is 1.03. The zero-order valence-electron chi connectivity index (χ0n) is 30.6. The third kappa shape index (κ3) is 5.34. The fraction of sp³-hybridized carbons (Fsp3) is 0. The molecule has 0 aliphatic heterocycles. The molecule has 0 amide bonds. The van der Waals surface area contributed by atoms with Crippen LogP contribution in [0, 0.1) is 0 Å². The van der Waals surface area contributed by atoms with Crippen molar-refractivity contribution in [2.75, 3.05) is 4.90 Å². The van der Waals surface area contributed by atoms with Crippen LogP contribution in [-0.4, -0.2) is 0 Å². The second kappa shape index (κ2) is 13.2. The largest absolute Gasteiger partial charge is 0.455 e. The maximum Gasteiger partial charge on any atom is 0.143 e. The maximum atomic E-state index is 6.41. The van der Waals surface area contributed by atoms with Crippen LogP contribution in [0.15, 0.2) is 217 Å². The quantitative estimate of drug-likeness (QED) is 0.160.